The Hall–Kier alpha value is -2.07. The lowest BCUT2D eigenvalue weighted by molar-refractivity contribution is -0.147. The molecule has 7 heteroatoms. The van der Waals surface area contributed by atoms with Crippen molar-refractivity contribution in [2.45, 2.75) is 19.5 Å². The van der Waals surface area contributed by atoms with E-state index >= 15 is 0 Å². The fourth-order valence-corrected chi connectivity index (χ4v) is 1.87. The van der Waals surface area contributed by atoms with Crippen molar-refractivity contribution in [2.24, 2.45) is 0 Å². The maximum atomic E-state index is 12.4. The van der Waals surface area contributed by atoms with Crippen LogP contribution in [0.5, 0.6) is 0 Å². The van der Waals surface area contributed by atoms with E-state index in [1.165, 1.54) is 12.1 Å². The summed E-state index contributed by atoms with van der Waals surface area (Å²) < 4.78 is 37.2. The molecule has 1 aromatic rings. The second kappa shape index (κ2) is 7.64. The van der Waals surface area contributed by atoms with E-state index in [1.54, 1.807) is 19.1 Å². The summed E-state index contributed by atoms with van der Waals surface area (Å²) in [6, 6.07) is 8.24. The Morgan fingerprint density at radius 1 is 1.38 bits per heavy atom. The number of nitriles is 1. The summed E-state index contributed by atoms with van der Waals surface area (Å²) in [7, 11) is 0. The normalized spacial score (nSPS) is 11.2. The lowest BCUT2D eigenvalue weighted by Gasteiger charge is -2.22. The molecule has 0 heterocycles. The number of amides is 1. The molecule has 114 valence electrons. The van der Waals surface area contributed by atoms with Gasteiger partial charge in [-0.2, -0.15) is 18.4 Å². The van der Waals surface area contributed by atoms with Gasteiger partial charge in [0.1, 0.15) is 6.07 Å². The molecular formula is C14H16F3N3O. The Kier molecular flexibility index (Phi) is 6.18. The third kappa shape index (κ3) is 6.27. The van der Waals surface area contributed by atoms with Crippen LogP contribution in [-0.2, 0) is 4.79 Å². The molecule has 1 rings (SSSR count). The van der Waals surface area contributed by atoms with Gasteiger partial charge in [-0.3, -0.25) is 9.69 Å². The van der Waals surface area contributed by atoms with E-state index in [-0.39, 0.29) is 18.7 Å². The second-order valence-electron chi connectivity index (χ2n) is 4.53. The number of nitrogens with one attached hydrogen (secondary N) is 1. The van der Waals surface area contributed by atoms with Crippen LogP contribution in [0, 0.1) is 11.3 Å². The van der Waals surface area contributed by atoms with Crippen LogP contribution in [0.15, 0.2) is 24.3 Å². The molecule has 1 amide bonds. The van der Waals surface area contributed by atoms with Crippen molar-refractivity contribution in [2.75, 3.05) is 25.0 Å². The highest BCUT2D eigenvalue weighted by Crippen LogP contribution is 2.17. The van der Waals surface area contributed by atoms with Gasteiger partial charge in [0, 0.05) is 0 Å². The van der Waals surface area contributed by atoms with Crippen molar-refractivity contribution >= 4 is 11.6 Å². The van der Waals surface area contributed by atoms with Crippen LogP contribution in [-0.4, -0.2) is 36.6 Å². The van der Waals surface area contributed by atoms with Gasteiger partial charge >= 0.3 is 6.18 Å². The van der Waals surface area contributed by atoms with Crippen LogP contribution in [0.2, 0.25) is 0 Å². The molecule has 1 aromatic carbocycles. The van der Waals surface area contributed by atoms with E-state index in [2.05, 4.69) is 5.32 Å². The zero-order valence-electron chi connectivity index (χ0n) is 11.6. The summed E-state index contributed by atoms with van der Waals surface area (Å²) >= 11 is 0. The summed E-state index contributed by atoms with van der Waals surface area (Å²) in [6.07, 6.45) is -3.84. The molecule has 0 aliphatic carbocycles. The summed E-state index contributed by atoms with van der Waals surface area (Å²) in [6.45, 7) is 0.417. The predicted octanol–water partition coefficient (Wildman–Crippen LogP) is 2.77. The molecule has 0 aromatic heterocycles. The zero-order valence-corrected chi connectivity index (χ0v) is 11.6. The monoisotopic (exact) mass is 299 g/mol. The molecule has 0 aliphatic rings. The summed E-state index contributed by atoms with van der Waals surface area (Å²) in [5, 5.41) is 11.4. The highest BCUT2D eigenvalue weighted by molar-refractivity contribution is 5.93. The highest BCUT2D eigenvalue weighted by atomic mass is 19.4. The molecule has 0 spiro atoms. The number of anilines is 1. The van der Waals surface area contributed by atoms with Crippen molar-refractivity contribution in [1.29, 1.82) is 5.26 Å². The van der Waals surface area contributed by atoms with Crippen LogP contribution >= 0.6 is 0 Å². The van der Waals surface area contributed by atoms with Crippen molar-refractivity contribution in [3.63, 3.8) is 0 Å². The number of carbonyl (C=O) groups is 1. The molecule has 0 radical (unpaired) electrons. The number of rotatable bonds is 6. The Labute approximate surface area is 121 Å². The van der Waals surface area contributed by atoms with Crippen LogP contribution in [0.4, 0.5) is 18.9 Å². The fraction of sp³-hybridized carbons (Fsp3) is 0.429. The predicted molar refractivity (Wildman–Crippen MR) is 72.6 cm³/mol. The van der Waals surface area contributed by atoms with Gasteiger partial charge in [-0.1, -0.05) is 19.1 Å². The van der Waals surface area contributed by atoms with Gasteiger partial charge in [0.15, 0.2) is 0 Å². The van der Waals surface area contributed by atoms with E-state index in [0.29, 0.717) is 12.1 Å². The van der Waals surface area contributed by atoms with Gasteiger partial charge in [-0.15, -0.1) is 0 Å². The number of halogens is 3. The third-order valence-electron chi connectivity index (χ3n) is 2.63. The standard InChI is InChI=1S/C14H16F3N3O/c1-2-7-20(10-14(15,16)17)9-13(21)19-12-6-4-3-5-11(12)8-18/h3-6H,2,7,9-10H2,1H3,(H,19,21). The minimum absolute atomic E-state index is 0.173. The number of alkyl halides is 3. The molecule has 21 heavy (non-hydrogen) atoms. The maximum Gasteiger partial charge on any atom is 0.401 e. The number of carbonyl (C=O) groups excluding carboxylic acids is 1. The second-order valence-corrected chi connectivity index (χ2v) is 4.53. The zero-order chi connectivity index (χ0) is 15.9. The number of nitrogens with zero attached hydrogens (tertiary/aromatic N) is 2. The van der Waals surface area contributed by atoms with Crippen LogP contribution < -0.4 is 5.32 Å². The molecule has 0 saturated heterocycles. The number of para-hydroxylation sites is 1. The third-order valence-corrected chi connectivity index (χ3v) is 2.63. The largest absolute Gasteiger partial charge is 0.401 e. The number of hydrogen-bond donors (Lipinski definition) is 1. The van der Waals surface area contributed by atoms with Gasteiger partial charge in [0.2, 0.25) is 5.91 Å². The van der Waals surface area contributed by atoms with Gasteiger partial charge in [-0.25, -0.2) is 0 Å². The minimum Gasteiger partial charge on any atom is -0.324 e. The van der Waals surface area contributed by atoms with Crippen LogP contribution in [0.25, 0.3) is 0 Å². The topological polar surface area (TPSA) is 56.1 Å². The molecule has 0 aliphatic heterocycles. The summed E-state index contributed by atoms with van der Waals surface area (Å²) in [5.41, 5.74) is 0.567. The molecule has 0 atom stereocenters. The molecule has 1 N–H and O–H groups in total. The van der Waals surface area contributed by atoms with Crippen molar-refractivity contribution in [1.82, 2.24) is 4.90 Å². The molecule has 0 bridgehead atoms. The molecular weight excluding hydrogens is 283 g/mol. The van der Waals surface area contributed by atoms with E-state index in [9.17, 15) is 18.0 Å². The van der Waals surface area contributed by atoms with Crippen LogP contribution in [0.3, 0.4) is 0 Å². The first-order chi connectivity index (χ1) is 9.85. The SMILES string of the molecule is CCCN(CC(=O)Nc1ccccc1C#N)CC(F)(F)F. The van der Waals surface area contributed by atoms with Crippen LogP contribution in [0.1, 0.15) is 18.9 Å². The highest BCUT2D eigenvalue weighted by Gasteiger charge is 2.31. The molecule has 0 unspecified atom stereocenters. The first kappa shape index (κ1) is 17.0. The first-order valence-corrected chi connectivity index (χ1v) is 6.43. The quantitative estimate of drug-likeness (QED) is 0.878. The Morgan fingerprint density at radius 2 is 2.05 bits per heavy atom. The summed E-state index contributed by atoms with van der Waals surface area (Å²) in [4.78, 5) is 12.9. The average Bonchev–Trinajstić information content (AvgIpc) is 2.37. The van der Waals surface area contributed by atoms with Crippen molar-refractivity contribution in [3.8, 4) is 6.07 Å². The fourth-order valence-electron chi connectivity index (χ4n) is 1.87. The van der Waals surface area contributed by atoms with E-state index in [0.717, 1.165) is 4.90 Å². The molecule has 4 nitrogen and oxygen atoms in total. The molecule has 0 fully saturated rings. The Balaban J connectivity index is 2.68. The van der Waals surface area contributed by atoms with Gasteiger partial charge < -0.3 is 5.32 Å². The number of hydrogen-bond acceptors (Lipinski definition) is 3. The summed E-state index contributed by atoms with van der Waals surface area (Å²) in [5.74, 6) is -0.574. The lowest BCUT2D eigenvalue weighted by Crippen LogP contribution is -2.40. The van der Waals surface area contributed by atoms with Gasteiger partial charge in [0.05, 0.1) is 24.3 Å². The van der Waals surface area contributed by atoms with E-state index in [4.69, 9.17) is 5.26 Å². The Morgan fingerprint density at radius 3 is 2.62 bits per heavy atom. The smallest absolute Gasteiger partial charge is 0.324 e. The maximum absolute atomic E-state index is 12.4. The molecule has 0 saturated carbocycles. The first-order valence-electron chi connectivity index (χ1n) is 6.43. The minimum atomic E-state index is -4.35. The van der Waals surface area contributed by atoms with Crippen molar-refractivity contribution in [3.05, 3.63) is 29.8 Å². The van der Waals surface area contributed by atoms with Gasteiger partial charge in [0.25, 0.3) is 0 Å². The average molecular weight is 299 g/mol. The Bertz CT molecular complexity index is 523. The van der Waals surface area contributed by atoms with Crippen molar-refractivity contribution < 1.29 is 18.0 Å². The lowest BCUT2D eigenvalue weighted by atomic mass is 10.2. The number of benzene rings is 1. The van der Waals surface area contributed by atoms with E-state index in [1.807, 2.05) is 6.07 Å². The van der Waals surface area contributed by atoms with Gasteiger partial charge in [-0.05, 0) is 25.1 Å². The van der Waals surface area contributed by atoms with E-state index < -0.39 is 18.6 Å².